The van der Waals surface area contributed by atoms with Crippen molar-refractivity contribution in [1.82, 2.24) is 10.2 Å². The zero-order chi connectivity index (χ0) is 14.4. The SMILES string of the molecule is NS(=O)(=O)C1CC(=O)N(c2nnc(C(F)(F)F)o2)C1. The van der Waals surface area contributed by atoms with Gasteiger partial charge in [0.2, 0.25) is 15.9 Å². The number of halogens is 3. The van der Waals surface area contributed by atoms with Gasteiger partial charge in [-0.3, -0.25) is 9.69 Å². The Bertz CT molecular complexity index is 610. The number of nitrogens with two attached hydrogens (primary N) is 1. The summed E-state index contributed by atoms with van der Waals surface area (Å²) < 4.78 is 63.1. The van der Waals surface area contributed by atoms with Gasteiger partial charge >= 0.3 is 18.1 Å². The summed E-state index contributed by atoms with van der Waals surface area (Å²) in [4.78, 5) is 12.2. The first-order valence-electron chi connectivity index (χ1n) is 4.81. The van der Waals surface area contributed by atoms with Gasteiger partial charge in [0.05, 0.1) is 0 Å². The van der Waals surface area contributed by atoms with E-state index in [0.29, 0.717) is 4.90 Å². The first-order chi connectivity index (χ1) is 8.59. The van der Waals surface area contributed by atoms with Crippen molar-refractivity contribution >= 4 is 21.9 Å². The van der Waals surface area contributed by atoms with E-state index >= 15 is 0 Å². The molecule has 2 heterocycles. The van der Waals surface area contributed by atoms with Gasteiger partial charge in [0.1, 0.15) is 5.25 Å². The Balaban J connectivity index is 2.24. The molecule has 1 aliphatic rings. The first kappa shape index (κ1) is 13.7. The lowest BCUT2D eigenvalue weighted by Crippen LogP contribution is -2.32. The predicted octanol–water partition coefficient (Wildman–Crippen LogP) is -0.518. The van der Waals surface area contributed by atoms with Gasteiger partial charge < -0.3 is 4.42 Å². The molecule has 106 valence electrons. The number of carbonyl (C=O) groups is 1. The van der Waals surface area contributed by atoms with Crippen molar-refractivity contribution in [2.24, 2.45) is 5.14 Å². The number of hydrogen-bond acceptors (Lipinski definition) is 6. The number of sulfonamides is 1. The van der Waals surface area contributed by atoms with Crippen molar-refractivity contribution in [2.75, 3.05) is 11.4 Å². The number of alkyl halides is 3. The van der Waals surface area contributed by atoms with Crippen LogP contribution in [0.4, 0.5) is 19.2 Å². The zero-order valence-corrected chi connectivity index (χ0v) is 9.90. The van der Waals surface area contributed by atoms with Crippen molar-refractivity contribution < 1.29 is 30.8 Å². The van der Waals surface area contributed by atoms with Gasteiger partial charge in [0, 0.05) is 13.0 Å². The number of nitrogens with zero attached hydrogens (tertiary/aromatic N) is 3. The molecule has 0 saturated carbocycles. The molecule has 0 aliphatic carbocycles. The average Bonchev–Trinajstić information content (AvgIpc) is 2.80. The smallest absolute Gasteiger partial charge is 0.399 e. The Labute approximate surface area is 104 Å². The van der Waals surface area contributed by atoms with E-state index in [2.05, 4.69) is 14.6 Å². The standard InChI is InChI=1S/C7H7F3N4O4S/c8-7(9,10)5-12-13-6(18-5)14-2-3(1-4(14)15)19(11,16)17/h3H,1-2H2,(H2,11,16,17). The molecule has 2 N–H and O–H groups in total. The highest BCUT2D eigenvalue weighted by Gasteiger charge is 2.42. The lowest BCUT2D eigenvalue weighted by Gasteiger charge is -2.10. The highest BCUT2D eigenvalue weighted by Crippen LogP contribution is 2.31. The van der Waals surface area contributed by atoms with Crippen molar-refractivity contribution in [3.05, 3.63) is 5.89 Å². The van der Waals surface area contributed by atoms with Crippen LogP contribution in [-0.2, 0) is 21.0 Å². The Kier molecular flexibility index (Phi) is 3.01. The second kappa shape index (κ2) is 4.16. The highest BCUT2D eigenvalue weighted by atomic mass is 32.2. The second-order valence-corrected chi connectivity index (χ2v) is 5.65. The van der Waals surface area contributed by atoms with Crippen LogP contribution in [0.5, 0.6) is 0 Å². The molecule has 1 atom stereocenters. The molecule has 19 heavy (non-hydrogen) atoms. The third-order valence-corrected chi connectivity index (χ3v) is 3.69. The molecule has 0 radical (unpaired) electrons. The maximum absolute atomic E-state index is 12.2. The lowest BCUT2D eigenvalue weighted by atomic mass is 10.4. The van der Waals surface area contributed by atoms with Crippen molar-refractivity contribution in [2.45, 2.75) is 17.8 Å². The molecule has 0 bridgehead atoms. The number of hydrogen-bond donors (Lipinski definition) is 1. The van der Waals surface area contributed by atoms with E-state index in [4.69, 9.17) is 5.14 Å². The number of rotatable bonds is 2. The van der Waals surface area contributed by atoms with Crippen LogP contribution in [0.1, 0.15) is 12.3 Å². The molecule has 1 saturated heterocycles. The van der Waals surface area contributed by atoms with Crippen LogP contribution < -0.4 is 10.0 Å². The average molecular weight is 300 g/mol. The van der Waals surface area contributed by atoms with Gasteiger partial charge in [0.25, 0.3) is 0 Å². The number of amides is 1. The van der Waals surface area contributed by atoms with E-state index in [-0.39, 0.29) is 0 Å². The van der Waals surface area contributed by atoms with E-state index in [1.807, 2.05) is 0 Å². The van der Waals surface area contributed by atoms with Gasteiger partial charge in [-0.25, -0.2) is 13.6 Å². The van der Waals surface area contributed by atoms with E-state index in [1.54, 1.807) is 0 Å². The third-order valence-electron chi connectivity index (χ3n) is 2.44. The van der Waals surface area contributed by atoms with Gasteiger partial charge in [-0.1, -0.05) is 5.10 Å². The van der Waals surface area contributed by atoms with Crippen LogP contribution >= 0.6 is 0 Å². The fourth-order valence-electron chi connectivity index (χ4n) is 1.52. The Hall–Kier alpha value is -1.69. The molecule has 1 aromatic rings. The maximum atomic E-state index is 12.2. The van der Waals surface area contributed by atoms with Crippen LogP contribution in [0.25, 0.3) is 0 Å². The van der Waals surface area contributed by atoms with Crippen LogP contribution in [0.3, 0.4) is 0 Å². The van der Waals surface area contributed by atoms with Gasteiger partial charge in [-0.15, -0.1) is 5.10 Å². The molecule has 2 rings (SSSR count). The topological polar surface area (TPSA) is 119 Å². The number of primary sulfonamides is 1. The molecule has 8 nitrogen and oxygen atoms in total. The molecule has 12 heteroatoms. The minimum absolute atomic E-state index is 0.419. The minimum atomic E-state index is -4.84. The van der Waals surface area contributed by atoms with Crippen molar-refractivity contribution in [1.29, 1.82) is 0 Å². The van der Waals surface area contributed by atoms with Gasteiger partial charge in [0.15, 0.2) is 0 Å². The first-order valence-corrected chi connectivity index (χ1v) is 6.42. The number of carbonyl (C=O) groups excluding carboxylic acids is 1. The zero-order valence-electron chi connectivity index (χ0n) is 9.09. The van der Waals surface area contributed by atoms with Crippen molar-refractivity contribution in [3.63, 3.8) is 0 Å². The van der Waals surface area contributed by atoms with Crippen molar-refractivity contribution in [3.8, 4) is 0 Å². The largest absolute Gasteiger partial charge is 0.470 e. The highest BCUT2D eigenvalue weighted by molar-refractivity contribution is 7.89. The summed E-state index contributed by atoms with van der Waals surface area (Å²) in [7, 11) is -3.97. The third kappa shape index (κ3) is 2.68. The Morgan fingerprint density at radius 1 is 1.37 bits per heavy atom. The molecule has 0 aromatic carbocycles. The maximum Gasteiger partial charge on any atom is 0.470 e. The Morgan fingerprint density at radius 2 is 2.00 bits per heavy atom. The van der Waals surface area contributed by atoms with E-state index in [1.165, 1.54) is 0 Å². The fraction of sp³-hybridized carbons (Fsp3) is 0.571. The van der Waals surface area contributed by atoms with Gasteiger partial charge in [-0.05, 0) is 0 Å². The van der Waals surface area contributed by atoms with Crippen LogP contribution in [0.2, 0.25) is 0 Å². The van der Waals surface area contributed by atoms with Crippen LogP contribution in [0.15, 0.2) is 4.42 Å². The second-order valence-electron chi connectivity index (χ2n) is 3.81. The molecule has 1 amide bonds. The van der Waals surface area contributed by atoms with E-state index < -0.39 is 52.2 Å². The lowest BCUT2D eigenvalue weighted by molar-refractivity contribution is -0.157. The quantitative estimate of drug-likeness (QED) is 0.785. The molecule has 0 spiro atoms. The van der Waals surface area contributed by atoms with Gasteiger partial charge in [-0.2, -0.15) is 13.2 Å². The molecule has 1 aromatic heterocycles. The normalized spacial score (nSPS) is 21.2. The summed E-state index contributed by atoms with van der Waals surface area (Å²) in [6.45, 7) is -0.419. The van der Waals surface area contributed by atoms with Crippen LogP contribution in [0, 0.1) is 0 Å². The molecular weight excluding hydrogens is 293 g/mol. The summed E-state index contributed by atoms with van der Waals surface area (Å²) in [5, 5.41) is 9.46. The summed E-state index contributed by atoms with van der Waals surface area (Å²) in [5.41, 5.74) is 0. The predicted molar refractivity (Wildman–Crippen MR) is 53.2 cm³/mol. The Morgan fingerprint density at radius 3 is 2.42 bits per heavy atom. The molecular formula is C7H7F3N4O4S. The summed E-state index contributed by atoms with van der Waals surface area (Å²) in [6.07, 6.45) is -5.28. The number of aromatic nitrogens is 2. The summed E-state index contributed by atoms with van der Waals surface area (Å²) >= 11 is 0. The monoisotopic (exact) mass is 300 g/mol. The minimum Gasteiger partial charge on any atom is -0.399 e. The van der Waals surface area contributed by atoms with E-state index in [0.717, 1.165) is 0 Å². The number of anilines is 1. The molecule has 1 aliphatic heterocycles. The summed E-state index contributed by atoms with van der Waals surface area (Å²) in [6, 6.07) is -0.705. The fourth-order valence-corrected chi connectivity index (χ4v) is 2.25. The van der Waals surface area contributed by atoms with Crippen LogP contribution in [-0.4, -0.2) is 36.3 Å². The molecule has 1 fully saturated rings. The van der Waals surface area contributed by atoms with E-state index in [9.17, 15) is 26.4 Å². The summed E-state index contributed by atoms with van der Waals surface area (Å²) in [5.74, 6) is -2.37. The molecule has 1 unspecified atom stereocenters.